The van der Waals surface area contributed by atoms with Crippen molar-refractivity contribution in [3.63, 3.8) is 0 Å². The Morgan fingerprint density at radius 1 is 1.29 bits per heavy atom. The number of amides is 3. The molecule has 1 aromatic rings. The molecule has 7 nitrogen and oxygen atoms in total. The Morgan fingerprint density at radius 3 is 2.57 bits per heavy atom. The molecule has 0 bridgehead atoms. The highest BCUT2D eigenvalue weighted by Crippen LogP contribution is 2.22. The van der Waals surface area contributed by atoms with Crippen molar-refractivity contribution < 1.29 is 19.1 Å². The molecule has 0 aromatic heterocycles. The van der Waals surface area contributed by atoms with Crippen LogP contribution in [0.1, 0.15) is 57.6 Å². The molecule has 28 heavy (non-hydrogen) atoms. The highest BCUT2D eigenvalue weighted by Gasteiger charge is 2.31. The van der Waals surface area contributed by atoms with Crippen molar-refractivity contribution in [1.29, 1.82) is 0 Å². The van der Waals surface area contributed by atoms with Gasteiger partial charge in [0.1, 0.15) is 0 Å². The zero-order chi connectivity index (χ0) is 20.7. The number of hydrogen-bond donors (Lipinski definition) is 2. The first-order valence-corrected chi connectivity index (χ1v) is 10.0. The van der Waals surface area contributed by atoms with Crippen LogP contribution in [0.15, 0.2) is 24.3 Å². The van der Waals surface area contributed by atoms with Crippen LogP contribution >= 0.6 is 11.6 Å². The lowest BCUT2D eigenvalue weighted by Crippen LogP contribution is -2.48. The number of ether oxygens (including phenoxy) is 1. The van der Waals surface area contributed by atoms with E-state index >= 15 is 0 Å². The van der Waals surface area contributed by atoms with E-state index in [1.54, 1.807) is 31.2 Å². The monoisotopic (exact) mass is 409 g/mol. The molecule has 1 fully saturated rings. The Hall–Kier alpha value is -2.28. The van der Waals surface area contributed by atoms with E-state index in [9.17, 15) is 14.4 Å². The summed E-state index contributed by atoms with van der Waals surface area (Å²) in [5, 5.41) is 3.07. The number of nitrogens with zero attached hydrogens (tertiary/aromatic N) is 1. The van der Waals surface area contributed by atoms with Crippen molar-refractivity contribution >= 4 is 29.5 Å². The van der Waals surface area contributed by atoms with Gasteiger partial charge in [-0.05, 0) is 50.3 Å². The molecule has 1 aliphatic rings. The number of rotatable bonds is 7. The Bertz CT molecular complexity index is 695. The molecule has 1 saturated heterocycles. The molecule has 0 spiro atoms. The van der Waals surface area contributed by atoms with Crippen LogP contribution in [0.4, 0.5) is 4.79 Å². The molecule has 3 amide bonds. The lowest BCUT2D eigenvalue weighted by atomic mass is 9.99. The van der Waals surface area contributed by atoms with Gasteiger partial charge in [0, 0.05) is 17.6 Å². The van der Waals surface area contributed by atoms with Gasteiger partial charge < -0.3 is 20.7 Å². The Kier molecular flexibility index (Phi) is 8.11. The number of carbonyl (C=O) groups is 3. The average molecular weight is 410 g/mol. The summed E-state index contributed by atoms with van der Waals surface area (Å²) in [6, 6.07) is 5.49. The minimum atomic E-state index is -0.876. The molecule has 1 aromatic carbocycles. The Morgan fingerprint density at radius 2 is 1.96 bits per heavy atom. The van der Waals surface area contributed by atoms with Gasteiger partial charge in [-0.2, -0.15) is 0 Å². The summed E-state index contributed by atoms with van der Waals surface area (Å²) in [7, 11) is 0. The van der Waals surface area contributed by atoms with E-state index in [1.165, 1.54) is 0 Å². The fourth-order valence-electron chi connectivity index (χ4n) is 3.53. The van der Waals surface area contributed by atoms with Crippen molar-refractivity contribution in [2.45, 2.75) is 64.1 Å². The number of halogens is 1. The van der Waals surface area contributed by atoms with Crippen LogP contribution in [0.3, 0.4) is 0 Å². The second-order valence-corrected chi connectivity index (χ2v) is 7.47. The average Bonchev–Trinajstić information content (AvgIpc) is 2.67. The number of primary amides is 1. The summed E-state index contributed by atoms with van der Waals surface area (Å²) < 4.78 is 5.37. The van der Waals surface area contributed by atoms with E-state index in [1.807, 2.05) is 4.90 Å². The van der Waals surface area contributed by atoms with Crippen LogP contribution in [0, 0.1) is 0 Å². The summed E-state index contributed by atoms with van der Waals surface area (Å²) in [4.78, 5) is 38.3. The second kappa shape index (κ2) is 10.3. The number of likely N-dealkylation sites (tertiary alicyclic amines) is 1. The smallest absolute Gasteiger partial charge is 0.312 e. The van der Waals surface area contributed by atoms with Gasteiger partial charge in [0.15, 0.2) is 6.10 Å². The molecule has 0 radical (unpaired) electrons. The van der Waals surface area contributed by atoms with E-state index in [2.05, 4.69) is 12.2 Å². The first kappa shape index (κ1) is 22.0. The number of nitrogens with one attached hydrogen (secondary N) is 1. The molecule has 1 aliphatic heterocycles. The number of carbonyl (C=O) groups excluding carboxylic acids is 3. The predicted octanol–water partition coefficient (Wildman–Crippen LogP) is 3.16. The predicted molar refractivity (Wildman–Crippen MR) is 107 cm³/mol. The molecule has 8 heteroatoms. The number of piperidine rings is 1. The van der Waals surface area contributed by atoms with Crippen molar-refractivity contribution in [2.75, 3.05) is 6.54 Å². The third kappa shape index (κ3) is 6.12. The van der Waals surface area contributed by atoms with Gasteiger partial charge in [0.2, 0.25) is 0 Å². The molecule has 154 valence electrons. The lowest BCUT2D eigenvalue weighted by Gasteiger charge is -2.36. The van der Waals surface area contributed by atoms with Gasteiger partial charge in [0.25, 0.3) is 5.91 Å². The third-order valence-corrected chi connectivity index (χ3v) is 5.25. The first-order valence-electron chi connectivity index (χ1n) is 9.63. The van der Waals surface area contributed by atoms with Crippen LogP contribution in [-0.2, 0) is 14.3 Å². The maximum Gasteiger partial charge on any atom is 0.312 e. The van der Waals surface area contributed by atoms with E-state index in [-0.39, 0.29) is 18.4 Å². The largest absolute Gasteiger partial charge is 0.452 e. The lowest BCUT2D eigenvalue weighted by molar-refractivity contribution is -0.161. The van der Waals surface area contributed by atoms with Gasteiger partial charge in [0.05, 0.1) is 12.5 Å². The highest BCUT2D eigenvalue weighted by atomic mass is 35.5. The topological polar surface area (TPSA) is 102 Å². The molecule has 0 saturated carbocycles. The minimum Gasteiger partial charge on any atom is -0.452 e. The quantitative estimate of drug-likeness (QED) is 0.675. The molecule has 0 aliphatic carbocycles. The van der Waals surface area contributed by atoms with Crippen molar-refractivity contribution in [3.05, 3.63) is 34.9 Å². The molecule has 1 heterocycles. The Labute approximate surface area is 170 Å². The van der Waals surface area contributed by atoms with Gasteiger partial charge in [-0.1, -0.05) is 30.7 Å². The van der Waals surface area contributed by atoms with Crippen LogP contribution in [-0.4, -0.2) is 41.5 Å². The summed E-state index contributed by atoms with van der Waals surface area (Å²) in [5.74, 6) is -0.759. The molecule has 3 unspecified atom stereocenters. The molecular weight excluding hydrogens is 382 g/mol. The normalized spacial score (nSPS) is 18.8. The van der Waals surface area contributed by atoms with Gasteiger partial charge in [-0.25, -0.2) is 4.79 Å². The minimum absolute atomic E-state index is 0.139. The fourth-order valence-corrected chi connectivity index (χ4v) is 3.66. The van der Waals surface area contributed by atoms with Crippen LogP contribution in [0.5, 0.6) is 0 Å². The summed E-state index contributed by atoms with van der Waals surface area (Å²) >= 11 is 5.88. The number of hydrogen-bond acceptors (Lipinski definition) is 4. The third-order valence-electron chi connectivity index (χ3n) is 5.00. The summed E-state index contributed by atoms with van der Waals surface area (Å²) in [5.41, 5.74) is 5.89. The molecule has 3 N–H and O–H groups in total. The highest BCUT2D eigenvalue weighted by molar-refractivity contribution is 6.30. The fraction of sp³-hybridized carbons (Fsp3) is 0.550. The SMILES string of the molecule is CCC1CCCCN1C(=O)C(C)OC(=O)CC(NC(N)=O)c1ccc(Cl)cc1. The van der Waals surface area contributed by atoms with E-state index < -0.39 is 24.1 Å². The zero-order valence-electron chi connectivity index (χ0n) is 16.3. The van der Waals surface area contributed by atoms with Crippen LogP contribution < -0.4 is 11.1 Å². The number of urea groups is 1. The summed E-state index contributed by atoms with van der Waals surface area (Å²) in [6.07, 6.45) is 2.91. The van der Waals surface area contributed by atoms with Crippen molar-refractivity contribution in [2.24, 2.45) is 5.73 Å². The standard InChI is InChI=1S/C20H28ClN3O4/c1-3-16-6-4-5-11-24(16)19(26)13(2)28-18(25)12-17(23-20(22)27)14-7-9-15(21)10-8-14/h7-10,13,16-17H,3-6,11-12H2,1-2H3,(H3,22,23,27). The first-order chi connectivity index (χ1) is 13.3. The van der Waals surface area contributed by atoms with Gasteiger partial charge >= 0.3 is 12.0 Å². The maximum atomic E-state index is 12.7. The molecular formula is C20H28ClN3O4. The van der Waals surface area contributed by atoms with Gasteiger partial charge in [-0.15, -0.1) is 0 Å². The van der Waals surface area contributed by atoms with Crippen LogP contribution in [0.2, 0.25) is 5.02 Å². The van der Waals surface area contributed by atoms with E-state index in [0.29, 0.717) is 17.1 Å². The Balaban J connectivity index is 1.99. The number of benzene rings is 1. The van der Waals surface area contributed by atoms with Crippen LogP contribution in [0.25, 0.3) is 0 Å². The zero-order valence-corrected chi connectivity index (χ0v) is 17.1. The number of esters is 1. The van der Waals surface area contributed by atoms with E-state index in [0.717, 1.165) is 25.7 Å². The van der Waals surface area contributed by atoms with Crippen molar-refractivity contribution in [3.8, 4) is 0 Å². The second-order valence-electron chi connectivity index (χ2n) is 7.04. The maximum absolute atomic E-state index is 12.7. The molecule has 2 rings (SSSR count). The number of nitrogens with two attached hydrogens (primary N) is 1. The van der Waals surface area contributed by atoms with E-state index in [4.69, 9.17) is 22.1 Å². The summed E-state index contributed by atoms with van der Waals surface area (Å²) in [6.45, 7) is 4.33. The molecule has 3 atom stereocenters. The van der Waals surface area contributed by atoms with Crippen molar-refractivity contribution in [1.82, 2.24) is 10.2 Å². The van der Waals surface area contributed by atoms with Gasteiger partial charge in [-0.3, -0.25) is 9.59 Å².